The normalized spacial score (nSPS) is 12.8. The Morgan fingerprint density at radius 3 is 1.81 bits per heavy atom. The van der Waals surface area contributed by atoms with E-state index in [4.69, 9.17) is 9.47 Å². The van der Waals surface area contributed by atoms with Gasteiger partial charge in [0.05, 0.1) is 23.3 Å². The maximum Gasteiger partial charge on any atom is 0.417 e. The number of carbonyl (C=O) groups is 1. The molecule has 0 spiro atoms. The van der Waals surface area contributed by atoms with E-state index in [-0.39, 0.29) is 23.3 Å². The van der Waals surface area contributed by atoms with Gasteiger partial charge in [0.1, 0.15) is 11.5 Å². The first-order chi connectivity index (χ1) is 14.2. The lowest BCUT2D eigenvalue weighted by molar-refractivity contribution is -0.143. The summed E-state index contributed by atoms with van der Waals surface area (Å²) in [6.07, 6.45) is -10.8. The molecule has 0 saturated carbocycles. The minimum Gasteiger partial charge on any atom is -0.491 e. The van der Waals surface area contributed by atoms with Crippen LogP contribution < -0.4 is 14.8 Å². The Kier molecular flexibility index (Phi) is 7.63. The van der Waals surface area contributed by atoms with Gasteiger partial charge < -0.3 is 9.47 Å². The average Bonchev–Trinajstić information content (AvgIpc) is 2.60. The van der Waals surface area contributed by atoms with Crippen LogP contribution in [0.5, 0.6) is 11.5 Å². The molecule has 2 aromatic carbocycles. The molecule has 0 aliphatic carbocycles. The maximum atomic E-state index is 13.4. The highest BCUT2D eigenvalue weighted by Gasteiger charge is 2.42. The van der Waals surface area contributed by atoms with Gasteiger partial charge in [0.25, 0.3) is 0 Å². The topological polar surface area (TPSA) is 35.5 Å². The number of alkyl halides is 6. The second-order valence-corrected chi connectivity index (χ2v) is 8.41. The highest BCUT2D eigenvalue weighted by Crippen LogP contribution is 2.42. The lowest BCUT2D eigenvalue weighted by atomic mass is 10.0. The van der Waals surface area contributed by atoms with E-state index in [0.29, 0.717) is 23.9 Å². The first-order valence-electron chi connectivity index (χ1n) is 9.26. The van der Waals surface area contributed by atoms with Gasteiger partial charge in [-0.05, 0) is 60.5 Å². The minimum atomic E-state index is -5.12. The summed E-state index contributed by atoms with van der Waals surface area (Å²) in [4.78, 5) is 12.8. The number of carbonyl (C=O) groups excluding carboxylic acids is 1. The lowest BCUT2D eigenvalue weighted by Gasteiger charge is -2.19. The highest BCUT2D eigenvalue weighted by molar-refractivity contribution is 7.66. The molecule has 0 N–H and O–H groups in total. The highest BCUT2D eigenvalue weighted by atomic mass is 31.1. The van der Waals surface area contributed by atoms with Gasteiger partial charge in [-0.2, -0.15) is 26.3 Å². The Labute approximate surface area is 177 Å². The first-order valence-corrected chi connectivity index (χ1v) is 10.3. The van der Waals surface area contributed by atoms with Gasteiger partial charge in [-0.25, -0.2) is 0 Å². The summed E-state index contributed by atoms with van der Waals surface area (Å²) >= 11 is 0. The number of halogens is 6. The van der Waals surface area contributed by atoms with Gasteiger partial charge in [-0.3, -0.25) is 4.79 Å². The van der Waals surface area contributed by atoms with E-state index in [0.717, 1.165) is 0 Å². The zero-order chi connectivity index (χ0) is 23.6. The Bertz CT molecular complexity index is 903. The van der Waals surface area contributed by atoms with E-state index >= 15 is 0 Å². The van der Waals surface area contributed by atoms with Gasteiger partial charge in [0.2, 0.25) is 0 Å². The minimum absolute atomic E-state index is 0.165. The second kappa shape index (κ2) is 9.47. The summed E-state index contributed by atoms with van der Waals surface area (Å²) in [7, 11) is -1.02. The molecule has 0 bridgehead atoms. The fourth-order valence-corrected chi connectivity index (χ4v) is 3.82. The fourth-order valence-electron chi connectivity index (χ4n) is 2.76. The Balaban J connectivity index is 2.54. The van der Waals surface area contributed by atoms with Crippen LogP contribution in [0.2, 0.25) is 0 Å². The third-order valence-corrected chi connectivity index (χ3v) is 5.00. The molecule has 0 aliphatic rings. The molecular weight excluding hydrogens is 445 g/mol. The molecule has 0 heterocycles. The molecular formula is C21H21F6O3P. The number of hydrogen-bond donors (Lipinski definition) is 0. The molecule has 1 atom stereocenters. The average molecular weight is 466 g/mol. The predicted molar refractivity (Wildman–Crippen MR) is 107 cm³/mol. The van der Waals surface area contributed by atoms with Crippen LogP contribution in [0.25, 0.3) is 0 Å². The summed E-state index contributed by atoms with van der Waals surface area (Å²) in [5.41, 5.74) is -5.91. The molecule has 1 unspecified atom stereocenters. The molecule has 0 amide bonds. The standard InChI is InChI=1S/C21H21F6O3P/c1-11(2)29-13-8-9-17(16(10-13)30-12(3)4)31-19(28)18-14(20(22,23)24)6-5-7-15(18)21(25,26)27/h5-12,31H,1-4H3. The van der Waals surface area contributed by atoms with Gasteiger partial charge in [0, 0.05) is 16.9 Å². The maximum absolute atomic E-state index is 13.4. The third kappa shape index (κ3) is 6.60. The van der Waals surface area contributed by atoms with Crippen molar-refractivity contribution in [2.24, 2.45) is 0 Å². The summed E-state index contributed by atoms with van der Waals surface area (Å²) in [6.45, 7) is 6.97. The molecule has 2 rings (SSSR count). The van der Waals surface area contributed by atoms with Gasteiger partial charge in [-0.15, -0.1) is 0 Å². The molecule has 0 aromatic heterocycles. The number of ether oxygens (including phenoxy) is 2. The Morgan fingerprint density at radius 2 is 1.35 bits per heavy atom. The number of hydrogen-bond acceptors (Lipinski definition) is 3. The van der Waals surface area contributed by atoms with Crippen LogP contribution in [-0.4, -0.2) is 17.7 Å². The molecule has 3 nitrogen and oxygen atoms in total. The van der Waals surface area contributed by atoms with E-state index in [1.54, 1.807) is 27.7 Å². The zero-order valence-electron chi connectivity index (χ0n) is 17.1. The van der Waals surface area contributed by atoms with Crippen molar-refractivity contribution in [2.45, 2.75) is 52.3 Å². The van der Waals surface area contributed by atoms with Crippen LogP contribution in [0, 0.1) is 0 Å². The van der Waals surface area contributed by atoms with Crippen molar-refractivity contribution in [1.82, 2.24) is 0 Å². The van der Waals surface area contributed by atoms with E-state index in [2.05, 4.69) is 0 Å². The van der Waals surface area contributed by atoms with E-state index in [1.165, 1.54) is 18.2 Å². The largest absolute Gasteiger partial charge is 0.491 e. The Morgan fingerprint density at radius 1 is 0.839 bits per heavy atom. The van der Waals surface area contributed by atoms with Crippen molar-refractivity contribution in [1.29, 1.82) is 0 Å². The van der Waals surface area contributed by atoms with E-state index in [9.17, 15) is 31.1 Å². The lowest BCUT2D eigenvalue weighted by Crippen LogP contribution is -2.20. The number of rotatable bonds is 7. The molecule has 0 aliphatic heterocycles. The summed E-state index contributed by atoms with van der Waals surface area (Å²) in [5, 5.41) is 0.180. The second-order valence-electron chi connectivity index (χ2n) is 7.17. The summed E-state index contributed by atoms with van der Waals surface area (Å²) < 4.78 is 91.5. The molecule has 0 saturated heterocycles. The van der Waals surface area contributed by atoms with Crippen LogP contribution in [0.1, 0.15) is 49.2 Å². The van der Waals surface area contributed by atoms with Crippen LogP contribution in [-0.2, 0) is 12.4 Å². The van der Waals surface area contributed by atoms with Crippen molar-refractivity contribution >= 4 is 19.4 Å². The molecule has 31 heavy (non-hydrogen) atoms. The zero-order valence-corrected chi connectivity index (χ0v) is 18.1. The van der Waals surface area contributed by atoms with Gasteiger partial charge >= 0.3 is 12.4 Å². The predicted octanol–water partition coefficient (Wildman–Crippen LogP) is 6.44. The first kappa shape index (κ1) is 25.0. The third-order valence-electron chi connectivity index (χ3n) is 3.84. The molecule has 0 fully saturated rings. The summed E-state index contributed by atoms with van der Waals surface area (Å²) in [6, 6.07) is 5.95. The van der Waals surface area contributed by atoms with Crippen LogP contribution in [0.3, 0.4) is 0 Å². The van der Waals surface area contributed by atoms with Crippen molar-refractivity contribution in [3.8, 4) is 11.5 Å². The van der Waals surface area contributed by atoms with Gasteiger partial charge in [0.15, 0.2) is 5.52 Å². The van der Waals surface area contributed by atoms with E-state index < -0.39 is 43.1 Å². The van der Waals surface area contributed by atoms with Crippen molar-refractivity contribution in [3.63, 3.8) is 0 Å². The van der Waals surface area contributed by atoms with Crippen molar-refractivity contribution in [3.05, 3.63) is 53.1 Å². The fraction of sp³-hybridized carbons (Fsp3) is 0.381. The van der Waals surface area contributed by atoms with Gasteiger partial charge in [-0.1, -0.05) is 6.07 Å². The molecule has 170 valence electrons. The van der Waals surface area contributed by atoms with Crippen LogP contribution in [0.15, 0.2) is 36.4 Å². The van der Waals surface area contributed by atoms with Crippen LogP contribution >= 0.6 is 8.58 Å². The Hall–Kier alpha value is -2.28. The quantitative estimate of drug-likeness (QED) is 0.348. The van der Waals surface area contributed by atoms with Crippen LogP contribution in [0.4, 0.5) is 26.3 Å². The summed E-state index contributed by atoms with van der Waals surface area (Å²) in [5.74, 6) is 0.566. The molecule has 2 aromatic rings. The molecule has 0 radical (unpaired) electrons. The molecule has 10 heteroatoms. The monoisotopic (exact) mass is 466 g/mol. The van der Waals surface area contributed by atoms with Crippen molar-refractivity contribution in [2.75, 3.05) is 0 Å². The number of benzene rings is 2. The van der Waals surface area contributed by atoms with E-state index in [1.807, 2.05) is 0 Å². The SMILES string of the molecule is CC(C)Oc1ccc(PC(=O)c2c(C(F)(F)F)cccc2C(F)(F)F)c(OC(C)C)c1. The van der Waals surface area contributed by atoms with Crippen molar-refractivity contribution < 1.29 is 40.6 Å². The smallest absolute Gasteiger partial charge is 0.417 e.